The van der Waals surface area contributed by atoms with Gasteiger partial charge in [-0.25, -0.2) is 0 Å². The number of hydrogen-bond acceptors (Lipinski definition) is 3. The first-order valence-electron chi connectivity index (χ1n) is 8.79. The summed E-state index contributed by atoms with van der Waals surface area (Å²) in [6.45, 7) is 5.56. The van der Waals surface area contributed by atoms with Crippen LogP contribution in [-0.4, -0.2) is 33.8 Å². The van der Waals surface area contributed by atoms with Crippen LogP contribution in [0.2, 0.25) is 0 Å². The van der Waals surface area contributed by atoms with Crippen LogP contribution in [0.5, 0.6) is 11.5 Å². The van der Waals surface area contributed by atoms with E-state index in [0.717, 1.165) is 36.0 Å². The summed E-state index contributed by atoms with van der Waals surface area (Å²) in [5, 5.41) is 6.68. The maximum atomic E-state index is 5.45. The van der Waals surface area contributed by atoms with Gasteiger partial charge in [-0.1, -0.05) is 29.8 Å². The van der Waals surface area contributed by atoms with Gasteiger partial charge in [-0.15, -0.1) is 0 Å². The smallest absolute Gasteiger partial charge is 0.191 e. The van der Waals surface area contributed by atoms with Gasteiger partial charge in [-0.3, -0.25) is 4.99 Å². The molecular formula is C21H29N3O2. The second kappa shape index (κ2) is 9.70. The fraction of sp³-hybridized carbons (Fsp3) is 0.381. The van der Waals surface area contributed by atoms with Gasteiger partial charge in [0.1, 0.15) is 11.5 Å². The number of guanidine groups is 1. The zero-order valence-corrected chi connectivity index (χ0v) is 16.3. The predicted octanol–water partition coefficient (Wildman–Crippen LogP) is 3.23. The van der Waals surface area contributed by atoms with E-state index in [-0.39, 0.29) is 0 Å². The van der Waals surface area contributed by atoms with Gasteiger partial charge in [-0.2, -0.15) is 0 Å². The molecule has 2 aromatic carbocycles. The summed E-state index contributed by atoms with van der Waals surface area (Å²) in [6.07, 6.45) is 0.861. The number of benzene rings is 2. The minimum Gasteiger partial charge on any atom is -0.496 e. The molecule has 5 nitrogen and oxygen atoms in total. The van der Waals surface area contributed by atoms with Crippen molar-refractivity contribution < 1.29 is 9.47 Å². The Labute approximate surface area is 156 Å². The van der Waals surface area contributed by atoms with Crippen LogP contribution < -0.4 is 20.1 Å². The molecule has 2 aromatic rings. The average Bonchev–Trinajstić information content (AvgIpc) is 2.65. The molecule has 0 fully saturated rings. The van der Waals surface area contributed by atoms with Crippen molar-refractivity contribution in [3.8, 4) is 11.5 Å². The predicted molar refractivity (Wildman–Crippen MR) is 107 cm³/mol. The fourth-order valence-electron chi connectivity index (χ4n) is 2.82. The Hall–Kier alpha value is -2.69. The summed E-state index contributed by atoms with van der Waals surface area (Å²) in [5.74, 6) is 2.57. The van der Waals surface area contributed by atoms with Crippen LogP contribution in [0, 0.1) is 13.8 Å². The first kappa shape index (κ1) is 19.6. The third kappa shape index (κ3) is 5.41. The number of rotatable bonds is 7. The monoisotopic (exact) mass is 355 g/mol. The topological polar surface area (TPSA) is 54.9 Å². The summed E-state index contributed by atoms with van der Waals surface area (Å²) in [7, 11) is 5.17. The van der Waals surface area contributed by atoms with Crippen molar-refractivity contribution in [2.45, 2.75) is 26.8 Å². The molecule has 0 bridgehead atoms. The zero-order chi connectivity index (χ0) is 18.9. The Morgan fingerprint density at radius 2 is 1.58 bits per heavy atom. The number of aliphatic imine (C=N–C) groups is 1. The largest absolute Gasteiger partial charge is 0.496 e. The van der Waals surface area contributed by atoms with E-state index in [1.807, 2.05) is 12.1 Å². The van der Waals surface area contributed by atoms with E-state index in [4.69, 9.17) is 9.47 Å². The molecule has 0 aliphatic rings. The standard InChI is InChI=1S/C21H29N3O2/c1-15-7-9-19(25-4)17(12-15)10-11-23-21(22-3)24-14-18-8-6-16(2)13-20(18)26-5/h6-9,12-13H,10-11,14H2,1-5H3,(H2,22,23,24). The van der Waals surface area contributed by atoms with Gasteiger partial charge >= 0.3 is 0 Å². The Bertz CT molecular complexity index is 757. The third-order valence-electron chi connectivity index (χ3n) is 4.24. The van der Waals surface area contributed by atoms with Crippen LogP contribution in [0.1, 0.15) is 22.3 Å². The maximum Gasteiger partial charge on any atom is 0.191 e. The minimum absolute atomic E-state index is 0.650. The molecule has 2 rings (SSSR count). The molecule has 0 amide bonds. The van der Waals surface area contributed by atoms with Crippen molar-refractivity contribution in [2.75, 3.05) is 27.8 Å². The van der Waals surface area contributed by atoms with Gasteiger partial charge < -0.3 is 20.1 Å². The second-order valence-electron chi connectivity index (χ2n) is 6.23. The summed E-state index contributed by atoms with van der Waals surface area (Å²) in [4.78, 5) is 4.29. The number of ether oxygens (including phenoxy) is 2. The van der Waals surface area contributed by atoms with Gasteiger partial charge in [0.2, 0.25) is 0 Å². The van der Waals surface area contributed by atoms with E-state index in [2.05, 4.69) is 53.7 Å². The fourth-order valence-corrected chi connectivity index (χ4v) is 2.82. The number of nitrogens with one attached hydrogen (secondary N) is 2. The van der Waals surface area contributed by atoms with Crippen LogP contribution >= 0.6 is 0 Å². The summed E-state index contributed by atoms with van der Waals surface area (Å²) >= 11 is 0. The Morgan fingerprint density at radius 3 is 2.27 bits per heavy atom. The molecule has 0 spiro atoms. The maximum absolute atomic E-state index is 5.45. The van der Waals surface area contributed by atoms with Gasteiger partial charge in [0.25, 0.3) is 0 Å². The first-order valence-corrected chi connectivity index (χ1v) is 8.79. The Balaban J connectivity index is 1.90. The summed E-state index contributed by atoms with van der Waals surface area (Å²) in [6, 6.07) is 12.4. The first-order chi connectivity index (χ1) is 12.6. The normalized spacial score (nSPS) is 11.2. The molecule has 140 valence electrons. The van der Waals surface area contributed by atoms with Crippen LogP contribution in [0.3, 0.4) is 0 Å². The molecule has 0 heterocycles. The van der Waals surface area contributed by atoms with Crippen molar-refractivity contribution >= 4 is 5.96 Å². The lowest BCUT2D eigenvalue weighted by Gasteiger charge is -2.15. The van der Waals surface area contributed by atoms with Crippen LogP contribution in [0.15, 0.2) is 41.4 Å². The van der Waals surface area contributed by atoms with E-state index in [1.54, 1.807) is 21.3 Å². The number of methoxy groups -OCH3 is 2. The SMILES string of the molecule is CN=C(NCCc1cc(C)ccc1OC)NCc1ccc(C)cc1OC. The third-order valence-corrected chi connectivity index (χ3v) is 4.24. The van der Waals surface area contributed by atoms with Crippen LogP contribution in [0.4, 0.5) is 0 Å². The highest BCUT2D eigenvalue weighted by Crippen LogP contribution is 2.20. The van der Waals surface area contributed by atoms with Crippen molar-refractivity contribution in [1.29, 1.82) is 0 Å². The molecule has 2 N–H and O–H groups in total. The van der Waals surface area contributed by atoms with E-state index < -0.39 is 0 Å². The molecule has 0 radical (unpaired) electrons. The molecule has 0 saturated heterocycles. The van der Waals surface area contributed by atoms with Crippen LogP contribution in [-0.2, 0) is 13.0 Å². The highest BCUT2D eigenvalue weighted by molar-refractivity contribution is 5.79. The molecule has 0 atom stereocenters. The molecule has 0 saturated carbocycles. The summed E-state index contributed by atoms with van der Waals surface area (Å²) in [5.41, 5.74) is 4.70. The van der Waals surface area contributed by atoms with Gasteiger partial charge in [0.05, 0.1) is 14.2 Å². The highest BCUT2D eigenvalue weighted by atomic mass is 16.5. The lowest BCUT2D eigenvalue weighted by Crippen LogP contribution is -2.38. The lowest BCUT2D eigenvalue weighted by atomic mass is 10.1. The summed E-state index contributed by atoms with van der Waals surface area (Å²) < 4.78 is 10.9. The lowest BCUT2D eigenvalue weighted by molar-refractivity contribution is 0.408. The Morgan fingerprint density at radius 1 is 0.885 bits per heavy atom. The van der Waals surface area contributed by atoms with Gasteiger partial charge in [0.15, 0.2) is 5.96 Å². The van der Waals surface area contributed by atoms with Gasteiger partial charge in [0, 0.05) is 25.7 Å². The quantitative estimate of drug-likeness (QED) is 0.591. The zero-order valence-electron chi connectivity index (χ0n) is 16.3. The molecule has 5 heteroatoms. The Kier molecular flexibility index (Phi) is 7.33. The molecular weight excluding hydrogens is 326 g/mol. The molecule has 0 aliphatic heterocycles. The molecule has 0 unspecified atom stereocenters. The van der Waals surface area contributed by atoms with Gasteiger partial charge in [-0.05, 0) is 43.5 Å². The van der Waals surface area contributed by atoms with Crippen molar-refractivity contribution in [3.63, 3.8) is 0 Å². The minimum atomic E-state index is 0.650. The molecule has 0 aliphatic carbocycles. The number of nitrogens with zero attached hydrogens (tertiary/aromatic N) is 1. The molecule has 26 heavy (non-hydrogen) atoms. The van der Waals surface area contributed by atoms with Crippen LogP contribution in [0.25, 0.3) is 0 Å². The van der Waals surface area contributed by atoms with Crippen molar-refractivity contribution in [3.05, 3.63) is 58.7 Å². The number of aryl methyl sites for hydroxylation is 2. The van der Waals surface area contributed by atoms with E-state index in [0.29, 0.717) is 6.54 Å². The molecule has 0 aromatic heterocycles. The van der Waals surface area contributed by atoms with Crippen molar-refractivity contribution in [2.24, 2.45) is 4.99 Å². The van der Waals surface area contributed by atoms with E-state index in [1.165, 1.54) is 16.7 Å². The van der Waals surface area contributed by atoms with E-state index in [9.17, 15) is 0 Å². The van der Waals surface area contributed by atoms with E-state index >= 15 is 0 Å². The second-order valence-corrected chi connectivity index (χ2v) is 6.23. The van der Waals surface area contributed by atoms with Crippen molar-refractivity contribution in [1.82, 2.24) is 10.6 Å². The highest BCUT2D eigenvalue weighted by Gasteiger charge is 2.06. The number of hydrogen-bond donors (Lipinski definition) is 2. The average molecular weight is 355 g/mol.